The number of nitrogens with one attached hydrogen (secondary N) is 2. The number of aromatic nitrogens is 2. The summed E-state index contributed by atoms with van der Waals surface area (Å²) < 4.78 is 13.5. The van der Waals surface area contributed by atoms with Crippen molar-refractivity contribution in [3.05, 3.63) is 52.1 Å². The van der Waals surface area contributed by atoms with Crippen molar-refractivity contribution in [2.45, 2.75) is 33.9 Å². The molecule has 0 atom stereocenters. The van der Waals surface area contributed by atoms with E-state index in [1.807, 2.05) is 25.3 Å². The first-order chi connectivity index (χ1) is 8.58. The second kappa shape index (κ2) is 5.31. The Balaban J connectivity index is 1.97. The van der Waals surface area contributed by atoms with Crippen LogP contribution in [-0.2, 0) is 13.1 Å². The first-order valence-corrected chi connectivity index (χ1v) is 6.03. The smallest absolute Gasteiger partial charge is 0.129 e. The van der Waals surface area contributed by atoms with Crippen molar-refractivity contribution in [2.24, 2.45) is 0 Å². The van der Waals surface area contributed by atoms with Crippen LogP contribution in [0, 0.1) is 26.6 Å². The zero-order valence-corrected chi connectivity index (χ0v) is 11.0. The number of aryl methyl sites for hydroxylation is 3. The maximum atomic E-state index is 13.5. The molecule has 2 N–H and O–H groups in total. The molecule has 0 aliphatic heterocycles. The molecule has 2 rings (SSSR count). The van der Waals surface area contributed by atoms with Crippen LogP contribution in [-0.4, -0.2) is 10.2 Å². The van der Waals surface area contributed by atoms with Gasteiger partial charge in [-0.15, -0.1) is 0 Å². The molecule has 0 spiro atoms. The van der Waals surface area contributed by atoms with Crippen molar-refractivity contribution >= 4 is 0 Å². The lowest BCUT2D eigenvalue weighted by Gasteiger charge is -2.08. The van der Waals surface area contributed by atoms with E-state index in [0.717, 1.165) is 29.9 Å². The predicted molar refractivity (Wildman–Crippen MR) is 69.7 cm³/mol. The minimum Gasteiger partial charge on any atom is -0.308 e. The predicted octanol–water partition coefficient (Wildman–Crippen LogP) is 2.76. The van der Waals surface area contributed by atoms with Gasteiger partial charge in [-0.1, -0.05) is 12.1 Å². The van der Waals surface area contributed by atoms with E-state index in [1.165, 1.54) is 0 Å². The number of hydrogen-bond donors (Lipinski definition) is 2. The van der Waals surface area contributed by atoms with Crippen LogP contribution < -0.4 is 5.32 Å². The van der Waals surface area contributed by atoms with Crippen molar-refractivity contribution in [2.75, 3.05) is 0 Å². The maximum absolute atomic E-state index is 13.5. The Labute approximate surface area is 106 Å². The van der Waals surface area contributed by atoms with Gasteiger partial charge in [0, 0.05) is 24.3 Å². The van der Waals surface area contributed by atoms with Crippen molar-refractivity contribution in [3.63, 3.8) is 0 Å². The van der Waals surface area contributed by atoms with Gasteiger partial charge in [0.05, 0.1) is 6.20 Å². The first-order valence-electron chi connectivity index (χ1n) is 6.03. The van der Waals surface area contributed by atoms with E-state index >= 15 is 0 Å². The highest BCUT2D eigenvalue weighted by atomic mass is 19.1. The molecular formula is C14H18FN3. The largest absolute Gasteiger partial charge is 0.308 e. The SMILES string of the molecule is Cc1cc(CNCc2cn[nH]c2C)cc(C)c1F. The van der Waals surface area contributed by atoms with Gasteiger partial charge in [-0.2, -0.15) is 5.10 Å². The van der Waals surface area contributed by atoms with E-state index in [2.05, 4.69) is 15.5 Å². The van der Waals surface area contributed by atoms with E-state index in [4.69, 9.17) is 0 Å². The Kier molecular flexibility index (Phi) is 3.77. The van der Waals surface area contributed by atoms with Crippen molar-refractivity contribution in [1.82, 2.24) is 15.5 Å². The number of halogens is 1. The number of rotatable bonds is 4. The fourth-order valence-electron chi connectivity index (χ4n) is 2.03. The van der Waals surface area contributed by atoms with Crippen molar-refractivity contribution in [3.8, 4) is 0 Å². The molecule has 0 unspecified atom stereocenters. The molecule has 18 heavy (non-hydrogen) atoms. The number of aromatic amines is 1. The summed E-state index contributed by atoms with van der Waals surface area (Å²) in [6.45, 7) is 7.08. The molecule has 1 aromatic heterocycles. The van der Waals surface area contributed by atoms with Crippen LogP contribution in [0.1, 0.15) is 27.9 Å². The third-order valence-corrected chi connectivity index (χ3v) is 3.08. The summed E-state index contributed by atoms with van der Waals surface area (Å²) in [5.41, 5.74) is 4.74. The molecule has 0 radical (unpaired) electrons. The monoisotopic (exact) mass is 247 g/mol. The summed E-state index contributed by atoms with van der Waals surface area (Å²) in [4.78, 5) is 0. The fourth-order valence-corrected chi connectivity index (χ4v) is 2.03. The van der Waals surface area contributed by atoms with E-state index in [9.17, 15) is 4.39 Å². The Morgan fingerprint density at radius 2 is 1.83 bits per heavy atom. The topological polar surface area (TPSA) is 40.7 Å². The van der Waals surface area contributed by atoms with E-state index in [1.54, 1.807) is 13.8 Å². The molecule has 3 nitrogen and oxygen atoms in total. The van der Waals surface area contributed by atoms with E-state index in [-0.39, 0.29) is 5.82 Å². The number of hydrogen-bond acceptors (Lipinski definition) is 2. The van der Waals surface area contributed by atoms with Gasteiger partial charge in [0.15, 0.2) is 0 Å². The second-order valence-electron chi connectivity index (χ2n) is 4.67. The molecule has 1 aromatic carbocycles. The van der Waals surface area contributed by atoms with Gasteiger partial charge in [0.1, 0.15) is 5.82 Å². The van der Waals surface area contributed by atoms with Crippen LogP contribution in [0.25, 0.3) is 0 Å². The molecule has 0 saturated heterocycles. The molecule has 0 saturated carbocycles. The summed E-state index contributed by atoms with van der Waals surface area (Å²) in [5.74, 6) is -0.107. The van der Waals surface area contributed by atoms with Crippen LogP contribution in [0.4, 0.5) is 4.39 Å². The van der Waals surface area contributed by atoms with E-state index < -0.39 is 0 Å². The summed E-state index contributed by atoms with van der Waals surface area (Å²) >= 11 is 0. The fraction of sp³-hybridized carbons (Fsp3) is 0.357. The Morgan fingerprint density at radius 3 is 2.39 bits per heavy atom. The van der Waals surface area contributed by atoms with E-state index in [0.29, 0.717) is 11.1 Å². The highest BCUT2D eigenvalue weighted by Crippen LogP contribution is 2.14. The minimum absolute atomic E-state index is 0.107. The van der Waals surface area contributed by atoms with Crippen LogP contribution in [0.15, 0.2) is 18.3 Å². The van der Waals surface area contributed by atoms with Crippen LogP contribution in [0.2, 0.25) is 0 Å². The zero-order valence-electron chi connectivity index (χ0n) is 11.0. The van der Waals surface area contributed by atoms with Gasteiger partial charge in [-0.25, -0.2) is 4.39 Å². The van der Waals surface area contributed by atoms with Crippen LogP contribution in [0.5, 0.6) is 0 Å². The third-order valence-electron chi connectivity index (χ3n) is 3.08. The lowest BCUT2D eigenvalue weighted by molar-refractivity contribution is 0.606. The normalized spacial score (nSPS) is 10.9. The molecule has 2 aromatic rings. The highest BCUT2D eigenvalue weighted by Gasteiger charge is 2.04. The summed E-state index contributed by atoms with van der Waals surface area (Å²) in [6, 6.07) is 3.77. The summed E-state index contributed by atoms with van der Waals surface area (Å²) in [6.07, 6.45) is 1.82. The lowest BCUT2D eigenvalue weighted by Crippen LogP contribution is -2.13. The molecule has 4 heteroatoms. The van der Waals surface area contributed by atoms with Crippen LogP contribution >= 0.6 is 0 Å². The molecule has 1 heterocycles. The Bertz CT molecular complexity index is 523. The summed E-state index contributed by atoms with van der Waals surface area (Å²) in [7, 11) is 0. The lowest BCUT2D eigenvalue weighted by atomic mass is 10.1. The highest BCUT2D eigenvalue weighted by molar-refractivity contribution is 5.30. The second-order valence-corrected chi connectivity index (χ2v) is 4.67. The molecule has 96 valence electrons. The van der Waals surface area contributed by atoms with Crippen molar-refractivity contribution < 1.29 is 4.39 Å². The molecule has 0 aliphatic carbocycles. The quantitative estimate of drug-likeness (QED) is 0.872. The average Bonchev–Trinajstić information content (AvgIpc) is 2.72. The van der Waals surface area contributed by atoms with Gasteiger partial charge in [0.2, 0.25) is 0 Å². The standard InChI is InChI=1S/C14H18FN3/c1-9-4-12(5-10(2)14(9)15)6-16-7-13-8-17-18-11(13)3/h4-5,8,16H,6-7H2,1-3H3,(H,17,18). The summed E-state index contributed by atoms with van der Waals surface area (Å²) in [5, 5.41) is 10.2. The molecule has 0 fully saturated rings. The zero-order chi connectivity index (χ0) is 13.1. The average molecular weight is 247 g/mol. The first kappa shape index (κ1) is 12.8. The number of H-pyrrole nitrogens is 1. The molecule has 0 bridgehead atoms. The Morgan fingerprint density at radius 1 is 1.17 bits per heavy atom. The number of benzene rings is 1. The van der Waals surface area contributed by atoms with Gasteiger partial charge < -0.3 is 5.32 Å². The van der Waals surface area contributed by atoms with Gasteiger partial charge in [-0.05, 0) is 37.5 Å². The van der Waals surface area contributed by atoms with Gasteiger partial charge in [-0.3, -0.25) is 5.10 Å². The van der Waals surface area contributed by atoms with Crippen LogP contribution in [0.3, 0.4) is 0 Å². The van der Waals surface area contributed by atoms with Crippen molar-refractivity contribution in [1.29, 1.82) is 0 Å². The molecule has 0 amide bonds. The van der Waals surface area contributed by atoms with Gasteiger partial charge >= 0.3 is 0 Å². The number of nitrogens with zero attached hydrogens (tertiary/aromatic N) is 1. The third kappa shape index (κ3) is 2.76. The molecule has 0 aliphatic rings. The maximum Gasteiger partial charge on any atom is 0.129 e. The minimum atomic E-state index is -0.107. The molecular weight excluding hydrogens is 229 g/mol. The van der Waals surface area contributed by atoms with Gasteiger partial charge in [0.25, 0.3) is 0 Å². The Hall–Kier alpha value is -1.68.